The van der Waals surface area contributed by atoms with Gasteiger partial charge in [0.05, 0.1) is 12.5 Å². The predicted molar refractivity (Wildman–Crippen MR) is 117 cm³/mol. The summed E-state index contributed by atoms with van der Waals surface area (Å²) in [4.78, 5) is 17.6. The van der Waals surface area contributed by atoms with Crippen LogP contribution in [0, 0.1) is 11.7 Å². The zero-order chi connectivity index (χ0) is 23.2. The van der Waals surface area contributed by atoms with Crippen molar-refractivity contribution in [1.82, 2.24) is 9.88 Å². The smallest absolute Gasteiger partial charge is 0.545 e. The number of halogens is 1. The Bertz CT molecular complexity index is 1190. The van der Waals surface area contributed by atoms with E-state index in [1.165, 1.54) is 18.3 Å². The number of aliphatic carboxylic acids is 1. The Hall–Kier alpha value is -3.20. The topological polar surface area (TPSA) is 98.1 Å². The van der Waals surface area contributed by atoms with Gasteiger partial charge in [0.1, 0.15) is 17.3 Å². The molecule has 2 heterocycles. The maximum atomic E-state index is 13.2. The summed E-state index contributed by atoms with van der Waals surface area (Å²) in [6, 6.07) is 18.3. The maximum Gasteiger partial charge on any atom is 1.00 e. The maximum absolute atomic E-state index is 13.2. The number of benzene rings is 2. The molecule has 1 aliphatic rings. The van der Waals surface area contributed by atoms with Gasteiger partial charge in [-0.05, 0) is 47.9 Å². The van der Waals surface area contributed by atoms with E-state index in [-0.39, 0.29) is 53.4 Å². The van der Waals surface area contributed by atoms with Crippen LogP contribution in [0.5, 0.6) is 11.6 Å². The van der Waals surface area contributed by atoms with Crippen molar-refractivity contribution in [3.63, 3.8) is 0 Å². The molecule has 0 saturated carbocycles. The van der Waals surface area contributed by atoms with Crippen molar-refractivity contribution in [3.05, 3.63) is 102 Å². The van der Waals surface area contributed by atoms with Gasteiger partial charge in [0.15, 0.2) is 0 Å². The Kier molecular flexibility index (Phi) is 8.81. The van der Waals surface area contributed by atoms with E-state index in [2.05, 4.69) is 10.1 Å². The predicted octanol–water partition coefficient (Wildman–Crippen LogP) is 0.00360. The molecule has 34 heavy (non-hydrogen) atoms. The molecule has 1 aliphatic heterocycles. The second-order valence-electron chi connectivity index (χ2n) is 7.67. The Morgan fingerprint density at radius 1 is 1.18 bits per heavy atom. The third-order valence-corrected chi connectivity index (χ3v) is 5.35. The quantitative estimate of drug-likeness (QED) is 0.216. The monoisotopic (exact) mass is 469 g/mol. The third kappa shape index (κ3) is 6.44. The van der Waals surface area contributed by atoms with E-state index in [0.717, 1.165) is 5.56 Å². The van der Waals surface area contributed by atoms with E-state index in [9.17, 15) is 19.5 Å². The number of rotatable bonds is 8. The number of aromatic nitrogens is 1. The number of hydrogen-bond donors (Lipinski definition) is 1. The van der Waals surface area contributed by atoms with Crippen LogP contribution in [-0.2, 0) is 11.2 Å². The molecule has 1 aromatic heterocycles. The molecule has 3 aromatic rings. The van der Waals surface area contributed by atoms with Gasteiger partial charge < -0.3 is 24.7 Å². The number of nitrogens with zero attached hydrogens (tertiary/aromatic N) is 3. The van der Waals surface area contributed by atoms with E-state index in [1.807, 2.05) is 6.07 Å². The summed E-state index contributed by atoms with van der Waals surface area (Å²) in [6.45, 7) is 0.573. The summed E-state index contributed by atoms with van der Waals surface area (Å²) in [6.07, 6.45) is 3.56. The SMILES string of the molecule is O=C([O-])C1=CN(C/C(=N\O)c2cccc(Oc3ccccn3)c2)CC1Cc1ccc(F)cc1.[Na+]. The molecule has 1 unspecified atom stereocenters. The van der Waals surface area contributed by atoms with Gasteiger partial charge in [-0.15, -0.1) is 0 Å². The van der Waals surface area contributed by atoms with E-state index >= 15 is 0 Å². The molecule has 168 valence electrons. The summed E-state index contributed by atoms with van der Waals surface area (Å²) in [5, 5.41) is 24.8. The van der Waals surface area contributed by atoms with E-state index in [0.29, 0.717) is 35.9 Å². The van der Waals surface area contributed by atoms with Gasteiger partial charge in [-0.1, -0.05) is 35.5 Å². The zero-order valence-electron chi connectivity index (χ0n) is 18.6. The van der Waals surface area contributed by atoms with Crippen LogP contribution in [0.1, 0.15) is 11.1 Å². The van der Waals surface area contributed by atoms with Crippen molar-refractivity contribution in [1.29, 1.82) is 0 Å². The molecule has 0 amide bonds. The number of pyridine rings is 1. The van der Waals surface area contributed by atoms with Crippen molar-refractivity contribution in [2.24, 2.45) is 11.1 Å². The molecule has 1 atom stereocenters. The van der Waals surface area contributed by atoms with Crippen LogP contribution >= 0.6 is 0 Å². The Labute approximate surface area is 218 Å². The standard InChI is InChI=1S/C25H22FN3O4.Na/c26-20-9-7-17(8-10-20)12-19-14-29(15-22(19)25(30)31)16-23(28-32)18-4-3-5-21(13-18)33-24-6-1-2-11-27-24;/h1-11,13,15,19,32H,12,14,16H2,(H,30,31);/q;+1/p-1/b28-23+;. The Morgan fingerprint density at radius 3 is 2.65 bits per heavy atom. The van der Waals surface area contributed by atoms with Gasteiger partial charge in [0.25, 0.3) is 0 Å². The van der Waals surface area contributed by atoms with Gasteiger partial charge in [0.2, 0.25) is 5.88 Å². The molecule has 0 spiro atoms. The molecule has 0 saturated heterocycles. The molecular weight excluding hydrogens is 448 g/mol. The van der Waals surface area contributed by atoms with Crippen LogP contribution in [0.3, 0.4) is 0 Å². The van der Waals surface area contributed by atoms with Gasteiger partial charge in [-0.3, -0.25) is 0 Å². The molecule has 7 nitrogen and oxygen atoms in total. The van der Waals surface area contributed by atoms with E-state index in [4.69, 9.17) is 4.74 Å². The number of carbonyl (C=O) groups is 1. The first-order valence-electron chi connectivity index (χ1n) is 10.3. The normalized spacial score (nSPS) is 15.4. The number of carboxylic acids is 1. The van der Waals surface area contributed by atoms with Crippen molar-refractivity contribution in [2.75, 3.05) is 13.1 Å². The molecule has 0 radical (unpaired) electrons. The average molecular weight is 469 g/mol. The molecule has 4 rings (SSSR count). The number of carbonyl (C=O) groups excluding carboxylic acids is 1. The molecule has 2 aromatic carbocycles. The van der Waals surface area contributed by atoms with Crippen LogP contribution in [0.15, 0.2) is 89.9 Å². The molecular formula is C25H21FN3NaO4. The number of carboxylic acid groups (broad SMARTS) is 1. The van der Waals surface area contributed by atoms with Crippen molar-refractivity contribution < 1.29 is 53.8 Å². The second kappa shape index (κ2) is 11.8. The fourth-order valence-corrected chi connectivity index (χ4v) is 3.79. The fraction of sp³-hybridized carbons (Fsp3) is 0.160. The Balaban J connectivity index is 0.00000324. The molecule has 0 bridgehead atoms. The molecule has 1 N–H and O–H groups in total. The zero-order valence-corrected chi connectivity index (χ0v) is 20.6. The van der Waals surface area contributed by atoms with Gasteiger partial charge in [0, 0.05) is 36.5 Å². The summed E-state index contributed by atoms with van der Waals surface area (Å²) >= 11 is 0. The minimum Gasteiger partial charge on any atom is -0.545 e. The summed E-state index contributed by atoms with van der Waals surface area (Å²) in [5.41, 5.74) is 1.95. The second-order valence-corrected chi connectivity index (χ2v) is 7.67. The van der Waals surface area contributed by atoms with Crippen LogP contribution < -0.4 is 39.4 Å². The van der Waals surface area contributed by atoms with E-state index in [1.54, 1.807) is 59.6 Å². The van der Waals surface area contributed by atoms with Crippen LogP contribution in [0.4, 0.5) is 4.39 Å². The van der Waals surface area contributed by atoms with Gasteiger partial charge in [-0.2, -0.15) is 0 Å². The fourth-order valence-electron chi connectivity index (χ4n) is 3.79. The van der Waals surface area contributed by atoms with Crippen molar-refractivity contribution in [2.45, 2.75) is 6.42 Å². The molecule has 0 aliphatic carbocycles. The minimum atomic E-state index is -1.25. The number of ether oxygens (including phenoxy) is 1. The van der Waals surface area contributed by atoms with Gasteiger partial charge >= 0.3 is 29.6 Å². The third-order valence-electron chi connectivity index (χ3n) is 5.35. The summed E-state index contributed by atoms with van der Waals surface area (Å²) in [7, 11) is 0. The van der Waals surface area contributed by atoms with E-state index < -0.39 is 5.97 Å². The van der Waals surface area contributed by atoms with Crippen LogP contribution in [-0.4, -0.2) is 39.9 Å². The molecule has 9 heteroatoms. The first-order chi connectivity index (χ1) is 16.0. The van der Waals surface area contributed by atoms with Crippen molar-refractivity contribution >= 4 is 11.7 Å². The largest absolute Gasteiger partial charge is 1.00 e. The van der Waals surface area contributed by atoms with Crippen LogP contribution in [0.2, 0.25) is 0 Å². The summed E-state index contributed by atoms with van der Waals surface area (Å²) in [5.74, 6) is -0.978. The minimum absolute atomic E-state index is 0. The van der Waals surface area contributed by atoms with Crippen molar-refractivity contribution in [3.8, 4) is 11.6 Å². The molecule has 0 fully saturated rings. The first-order valence-corrected chi connectivity index (χ1v) is 10.3. The number of oxime groups is 1. The van der Waals surface area contributed by atoms with Crippen LogP contribution in [0.25, 0.3) is 0 Å². The van der Waals surface area contributed by atoms with Gasteiger partial charge in [-0.25, -0.2) is 9.37 Å². The Morgan fingerprint density at radius 2 is 1.97 bits per heavy atom. The average Bonchev–Trinajstić information content (AvgIpc) is 3.22. The first kappa shape index (κ1) is 25.4. The summed E-state index contributed by atoms with van der Waals surface area (Å²) < 4.78 is 18.9. The number of hydrogen-bond acceptors (Lipinski definition) is 7.